The second kappa shape index (κ2) is 13.2. The first-order chi connectivity index (χ1) is 22.7. The van der Waals surface area contributed by atoms with Crippen LogP contribution in [-0.4, -0.2) is 51.5 Å². The third-order valence-corrected chi connectivity index (χ3v) is 6.81. The van der Waals surface area contributed by atoms with E-state index in [4.69, 9.17) is 9.15 Å². The maximum Gasteiger partial charge on any atom is 0.488 e. The van der Waals surface area contributed by atoms with Crippen molar-refractivity contribution in [3.05, 3.63) is 130 Å². The van der Waals surface area contributed by atoms with Gasteiger partial charge in [0.1, 0.15) is 28.5 Å². The van der Waals surface area contributed by atoms with Gasteiger partial charge in [-0.3, -0.25) is 14.4 Å². The fraction of sp³-hybridized carbons (Fsp3) is 0. The molecule has 232 valence electrons. The number of aromatic nitrogens is 1. The second-order valence-electron chi connectivity index (χ2n) is 10.2. The molecule has 0 aliphatic carbocycles. The molecule has 0 aliphatic rings. The topological polar surface area (TPSA) is 199 Å². The summed E-state index contributed by atoms with van der Waals surface area (Å²) >= 11 is 0. The zero-order valence-electron chi connectivity index (χ0n) is 24.2. The average Bonchev–Trinajstić information content (AvgIpc) is 3.48. The Bertz CT molecular complexity index is 2250. The predicted molar refractivity (Wildman–Crippen MR) is 175 cm³/mol. The number of rotatable bonds is 9. The van der Waals surface area contributed by atoms with Crippen molar-refractivity contribution in [3.63, 3.8) is 0 Å². The molecule has 6 rings (SSSR count). The largest absolute Gasteiger partial charge is 0.508 e. The number of nitrogens with one attached hydrogen (secondary N) is 3. The van der Waals surface area contributed by atoms with Crippen LogP contribution in [0.25, 0.3) is 21.9 Å². The molecular formula is C33H24BN5O8. The Hall–Kier alpha value is -6.51. The zero-order valence-corrected chi connectivity index (χ0v) is 24.2. The van der Waals surface area contributed by atoms with Crippen LogP contribution in [0.5, 0.6) is 17.2 Å². The Morgan fingerprint density at radius 2 is 1.53 bits per heavy atom. The normalized spacial score (nSPS) is 11.4. The van der Waals surface area contributed by atoms with Gasteiger partial charge in [0.15, 0.2) is 11.2 Å². The zero-order chi connectivity index (χ0) is 32.9. The van der Waals surface area contributed by atoms with Crippen molar-refractivity contribution in [1.29, 1.82) is 0 Å². The molecule has 2 aromatic heterocycles. The molecule has 0 unspecified atom stereocenters. The van der Waals surface area contributed by atoms with E-state index in [-0.39, 0.29) is 33.6 Å². The maximum atomic E-state index is 12.8. The van der Waals surface area contributed by atoms with E-state index in [9.17, 15) is 29.5 Å². The lowest BCUT2D eigenvalue weighted by atomic mass is 9.79. The van der Waals surface area contributed by atoms with Crippen LogP contribution in [0.3, 0.4) is 0 Å². The summed E-state index contributed by atoms with van der Waals surface area (Å²) < 4.78 is 11.3. The summed E-state index contributed by atoms with van der Waals surface area (Å²) in [6.45, 7) is 0. The molecule has 0 spiro atoms. The van der Waals surface area contributed by atoms with Gasteiger partial charge < -0.3 is 29.3 Å². The summed E-state index contributed by atoms with van der Waals surface area (Å²) in [5.74, 6) is -0.513. The summed E-state index contributed by atoms with van der Waals surface area (Å²) in [5, 5.41) is 38.0. The second-order valence-corrected chi connectivity index (χ2v) is 10.2. The highest BCUT2D eigenvalue weighted by Gasteiger charge is 2.15. The Morgan fingerprint density at radius 1 is 0.809 bits per heavy atom. The first-order valence-corrected chi connectivity index (χ1v) is 14.0. The van der Waals surface area contributed by atoms with Crippen LogP contribution < -0.4 is 26.5 Å². The Balaban J connectivity index is 1.12. The fourth-order valence-corrected chi connectivity index (χ4v) is 4.62. The van der Waals surface area contributed by atoms with Crippen molar-refractivity contribution in [1.82, 2.24) is 15.8 Å². The molecule has 0 saturated heterocycles. The highest BCUT2D eigenvalue weighted by Crippen LogP contribution is 2.26. The van der Waals surface area contributed by atoms with Crippen LogP contribution in [0, 0.1) is 0 Å². The van der Waals surface area contributed by atoms with Gasteiger partial charge in [0, 0.05) is 23.0 Å². The first-order valence-electron chi connectivity index (χ1n) is 14.0. The minimum atomic E-state index is -1.83. The van der Waals surface area contributed by atoms with E-state index in [0.717, 1.165) is 17.0 Å². The van der Waals surface area contributed by atoms with Gasteiger partial charge in [-0.1, -0.05) is 30.3 Å². The van der Waals surface area contributed by atoms with E-state index in [0.29, 0.717) is 22.6 Å². The SMILES string of the molecule is O=C(N/N=C/c1cc(/C=N/NC(=O)c2cc(=O)c3ccc(O)cc3o2)cc(B(O)O)c1)c1cc2cc(Oc3ccccc3)ccc2[nH]1. The van der Waals surface area contributed by atoms with Crippen molar-refractivity contribution in [2.45, 2.75) is 0 Å². The number of hydrogen-bond acceptors (Lipinski definition) is 10. The predicted octanol–water partition coefficient (Wildman–Crippen LogP) is 2.98. The highest BCUT2D eigenvalue weighted by atomic mass is 16.5. The molecule has 2 heterocycles. The third kappa shape index (κ3) is 7.25. The number of carbonyl (C=O) groups excluding carboxylic acids is 2. The maximum absolute atomic E-state index is 12.8. The quantitative estimate of drug-likeness (QED) is 0.0797. The minimum absolute atomic E-state index is 0.0272. The first kappa shape index (κ1) is 30.5. The number of phenols is 1. The summed E-state index contributed by atoms with van der Waals surface area (Å²) in [6.07, 6.45) is 2.53. The highest BCUT2D eigenvalue weighted by molar-refractivity contribution is 6.58. The van der Waals surface area contributed by atoms with Crippen LogP contribution in [-0.2, 0) is 0 Å². The van der Waals surface area contributed by atoms with Gasteiger partial charge in [-0.25, -0.2) is 10.9 Å². The number of fused-ring (bicyclic) bond motifs is 2. The molecule has 13 nitrogen and oxygen atoms in total. The number of phenolic OH excluding ortho intramolecular Hbond substituents is 1. The van der Waals surface area contributed by atoms with Crippen molar-refractivity contribution in [2.75, 3.05) is 0 Å². The van der Waals surface area contributed by atoms with Crippen molar-refractivity contribution >= 4 is 58.7 Å². The third-order valence-electron chi connectivity index (χ3n) is 6.81. The van der Waals surface area contributed by atoms with Gasteiger partial charge >= 0.3 is 13.0 Å². The molecule has 47 heavy (non-hydrogen) atoms. The monoisotopic (exact) mass is 629 g/mol. The molecule has 4 aromatic carbocycles. The van der Waals surface area contributed by atoms with Gasteiger partial charge in [0.2, 0.25) is 0 Å². The smallest absolute Gasteiger partial charge is 0.488 e. The molecule has 0 bridgehead atoms. The molecule has 6 N–H and O–H groups in total. The number of H-pyrrole nitrogens is 1. The van der Waals surface area contributed by atoms with Crippen LogP contribution >= 0.6 is 0 Å². The summed E-state index contributed by atoms with van der Waals surface area (Å²) in [5.41, 5.74) is 6.01. The number of hydrogen-bond donors (Lipinski definition) is 6. The molecule has 6 aromatic rings. The molecular weight excluding hydrogens is 605 g/mol. The van der Waals surface area contributed by atoms with Gasteiger partial charge in [-0.15, -0.1) is 0 Å². The number of nitrogens with zero attached hydrogens (tertiary/aromatic N) is 2. The molecule has 0 saturated carbocycles. The van der Waals surface area contributed by atoms with E-state index in [1.165, 1.54) is 42.8 Å². The molecule has 0 atom stereocenters. The molecule has 2 amide bonds. The Labute approximate surface area is 265 Å². The number of benzene rings is 4. The average molecular weight is 629 g/mol. The number of aromatic amines is 1. The van der Waals surface area contributed by atoms with E-state index >= 15 is 0 Å². The summed E-state index contributed by atoms with van der Waals surface area (Å²) in [7, 11) is -1.83. The van der Waals surface area contributed by atoms with Gasteiger partial charge in [0.05, 0.1) is 17.8 Å². The van der Waals surface area contributed by atoms with Crippen LogP contribution in [0.1, 0.15) is 32.2 Å². The number of ether oxygens (including phenoxy) is 1. The summed E-state index contributed by atoms with van der Waals surface area (Å²) in [6, 6.07) is 25.7. The van der Waals surface area contributed by atoms with E-state index in [1.54, 1.807) is 30.3 Å². The minimum Gasteiger partial charge on any atom is -0.508 e. The van der Waals surface area contributed by atoms with Gasteiger partial charge in [-0.05, 0) is 71.2 Å². The molecule has 14 heteroatoms. The van der Waals surface area contributed by atoms with Crippen LogP contribution in [0.4, 0.5) is 0 Å². The van der Waals surface area contributed by atoms with Gasteiger partial charge in [0.25, 0.3) is 5.91 Å². The lowest BCUT2D eigenvalue weighted by Crippen LogP contribution is -2.30. The Kier molecular flexibility index (Phi) is 8.59. The van der Waals surface area contributed by atoms with Crippen LogP contribution in [0.2, 0.25) is 0 Å². The Morgan fingerprint density at radius 3 is 2.26 bits per heavy atom. The van der Waals surface area contributed by atoms with E-state index < -0.39 is 24.4 Å². The number of carbonyl (C=O) groups is 2. The number of para-hydroxylation sites is 1. The van der Waals surface area contributed by atoms with E-state index in [1.807, 2.05) is 30.3 Å². The van der Waals surface area contributed by atoms with Crippen LogP contribution in [0.15, 0.2) is 116 Å². The van der Waals surface area contributed by atoms with Crippen molar-refractivity contribution < 1.29 is 33.9 Å². The lowest BCUT2D eigenvalue weighted by Gasteiger charge is -2.05. The fourth-order valence-electron chi connectivity index (χ4n) is 4.62. The standard InChI is InChI=1S/C33H24BN5O8/c40-23-6-8-26-29(41)16-31(47-30(26)15-23)33(43)39-36-18-20-10-19(11-22(12-20)34(44)45)17-35-38-32(42)28-14-21-13-25(7-9-27(21)37-28)46-24-4-2-1-3-5-24/h1-18,37,40,44-45H,(H,38,42)(H,39,43)/b35-17+,36-18+. The number of hydrazone groups is 2. The number of aromatic hydroxyl groups is 1. The lowest BCUT2D eigenvalue weighted by molar-refractivity contribution is 0.0925. The summed E-state index contributed by atoms with van der Waals surface area (Å²) in [4.78, 5) is 40.7. The van der Waals surface area contributed by atoms with E-state index in [2.05, 4.69) is 26.0 Å². The molecule has 0 fully saturated rings. The number of amides is 2. The molecule has 0 aliphatic heterocycles. The van der Waals surface area contributed by atoms with Gasteiger partial charge in [-0.2, -0.15) is 10.2 Å². The van der Waals surface area contributed by atoms with Crippen molar-refractivity contribution in [2.24, 2.45) is 10.2 Å². The molecule has 0 radical (unpaired) electrons. The van der Waals surface area contributed by atoms with Crippen molar-refractivity contribution in [3.8, 4) is 17.2 Å².